The van der Waals surface area contributed by atoms with Gasteiger partial charge in [0.25, 0.3) is 11.5 Å². The summed E-state index contributed by atoms with van der Waals surface area (Å²) in [6, 6.07) is 9.79. The number of rotatable bonds is 6. The van der Waals surface area contributed by atoms with E-state index in [1.807, 2.05) is 12.1 Å². The molecule has 30 heavy (non-hydrogen) atoms. The highest BCUT2D eigenvalue weighted by Crippen LogP contribution is 2.11. The molecule has 152 valence electrons. The lowest BCUT2D eigenvalue weighted by Gasteiger charge is -2.07. The first kappa shape index (κ1) is 19.6. The molecule has 0 radical (unpaired) electrons. The van der Waals surface area contributed by atoms with Crippen LogP contribution < -0.4 is 16.5 Å². The van der Waals surface area contributed by atoms with E-state index >= 15 is 0 Å². The van der Waals surface area contributed by atoms with Gasteiger partial charge in [-0.2, -0.15) is 5.10 Å². The minimum absolute atomic E-state index is 0.204. The van der Waals surface area contributed by atoms with E-state index in [9.17, 15) is 14.4 Å². The Morgan fingerprint density at radius 1 is 1.13 bits per heavy atom. The number of hydrogen-bond acceptors (Lipinski definition) is 6. The quantitative estimate of drug-likeness (QED) is 0.503. The number of fused-ring (bicyclic) bond motifs is 1. The Bertz CT molecular complexity index is 1300. The van der Waals surface area contributed by atoms with E-state index in [-0.39, 0.29) is 23.6 Å². The molecule has 0 bridgehead atoms. The van der Waals surface area contributed by atoms with E-state index in [1.54, 1.807) is 16.8 Å². The zero-order valence-electron chi connectivity index (χ0n) is 15.6. The lowest BCUT2D eigenvalue weighted by molar-refractivity contribution is 0.0949. The smallest absolute Gasteiger partial charge is 0.335 e. The van der Waals surface area contributed by atoms with Gasteiger partial charge in [-0.1, -0.05) is 23.7 Å². The van der Waals surface area contributed by atoms with Crippen LogP contribution in [0, 0.1) is 0 Å². The normalized spacial score (nSPS) is 11.0. The molecule has 1 amide bonds. The van der Waals surface area contributed by atoms with Crippen LogP contribution in [0.4, 0.5) is 0 Å². The third kappa shape index (κ3) is 4.15. The Balaban J connectivity index is 1.45. The lowest BCUT2D eigenvalue weighted by atomic mass is 10.2. The van der Waals surface area contributed by atoms with Gasteiger partial charge in [0.2, 0.25) is 0 Å². The molecule has 0 aliphatic carbocycles. The van der Waals surface area contributed by atoms with Gasteiger partial charge < -0.3 is 9.73 Å². The van der Waals surface area contributed by atoms with E-state index in [0.29, 0.717) is 29.1 Å². The van der Waals surface area contributed by atoms with Gasteiger partial charge in [0.1, 0.15) is 18.0 Å². The Hall–Kier alpha value is -3.72. The van der Waals surface area contributed by atoms with E-state index in [2.05, 4.69) is 19.8 Å². The molecule has 4 rings (SSSR count). The van der Waals surface area contributed by atoms with Crippen molar-refractivity contribution in [3.05, 3.63) is 92.1 Å². The zero-order valence-corrected chi connectivity index (χ0v) is 16.4. The summed E-state index contributed by atoms with van der Waals surface area (Å²) in [4.78, 5) is 40.1. The van der Waals surface area contributed by atoms with Crippen LogP contribution in [0.1, 0.15) is 15.9 Å². The van der Waals surface area contributed by atoms with Crippen LogP contribution in [-0.2, 0) is 13.1 Å². The van der Waals surface area contributed by atoms with Gasteiger partial charge >= 0.3 is 5.63 Å². The molecule has 0 aliphatic rings. The Morgan fingerprint density at radius 2 is 1.93 bits per heavy atom. The monoisotopic (exact) mass is 425 g/mol. The summed E-state index contributed by atoms with van der Waals surface area (Å²) in [5.74, 6) is -0.381. The Labute approximate surface area is 174 Å². The fraction of sp³-hybridized carbons (Fsp3) is 0.150. The SMILES string of the molecule is O=C(NCCn1ncc2c(=O)n(Cc3ccc(Cl)cc3)cnc21)c1ccc(=O)oc1. The van der Waals surface area contributed by atoms with E-state index in [0.717, 1.165) is 11.8 Å². The van der Waals surface area contributed by atoms with E-state index in [4.69, 9.17) is 11.6 Å². The van der Waals surface area contributed by atoms with Gasteiger partial charge in [-0.15, -0.1) is 0 Å². The minimum Gasteiger partial charge on any atom is -0.430 e. The fourth-order valence-corrected chi connectivity index (χ4v) is 3.05. The number of amides is 1. The number of nitrogens with zero attached hydrogens (tertiary/aromatic N) is 4. The maximum Gasteiger partial charge on any atom is 0.335 e. The van der Waals surface area contributed by atoms with E-state index in [1.165, 1.54) is 29.2 Å². The van der Waals surface area contributed by atoms with Crippen molar-refractivity contribution in [2.24, 2.45) is 0 Å². The second kappa shape index (κ2) is 8.34. The van der Waals surface area contributed by atoms with Crippen LogP contribution in [0.2, 0.25) is 5.02 Å². The van der Waals surface area contributed by atoms with Crippen molar-refractivity contribution in [2.45, 2.75) is 13.1 Å². The number of halogens is 1. The third-order valence-corrected chi connectivity index (χ3v) is 4.71. The summed E-state index contributed by atoms with van der Waals surface area (Å²) in [5.41, 5.74) is 0.872. The van der Waals surface area contributed by atoms with Crippen molar-refractivity contribution in [3.63, 3.8) is 0 Å². The number of hydrogen-bond donors (Lipinski definition) is 1. The van der Waals surface area contributed by atoms with Gasteiger partial charge in [0.15, 0.2) is 5.65 Å². The third-order valence-electron chi connectivity index (χ3n) is 4.46. The van der Waals surface area contributed by atoms with Crippen molar-refractivity contribution < 1.29 is 9.21 Å². The number of benzene rings is 1. The van der Waals surface area contributed by atoms with Crippen LogP contribution in [0.15, 0.2) is 69.2 Å². The molecule has 0 atom stereocenters. The molecule has 1 N–H and O–H groups in total. The van der Waals surface area contributed by atoms with Crippen molar-refractivity contribution in [1.29, 1.82) is 0 Å². The first-order valence-electron chi connectivity index (χ1n) is 9.04. The maximum absolute atomic E-state index is 12.7. The summed E-state index contributed by atoms with van der Waals surface area (Å²) in [6.45, 7) is 0.942. The van der Waals surface area contributed by atoms with Gasteiger partial charge in [0.05, 0.1) is 24.8 Å². The second-order valence-electron chi connectivity index (χ2n) is 6.51. The van der Waals surface area contributed by atoms with Gasteiger partial charge in [0, 0.05) is 17.6 Å². The fourth-order valence-electron chi connectivity index (χ4n) is 2.92. The Morgan fingerprint density at radius 3 is 2.67 bits per heavy atom. The average molecular weight is 426 g/mol. The highest BCUT2D eigenvalue weighted by atomic mass is 35.5. The number of aromatic nitrogens is 4. The molecule has 0 saturated carbocycles. The summed E-state index contributed by atoms with van der Waals surface area (Å²) < 4.78 is 7.73. The van der Waals surface area contributed by atoms with Gasteiger partial charge in [-0.3, -0.25) is 14.2 Å². The maximum atomic E-state index is 12.7. The molecule has 3 aromatic heterocycles. The summed E-state index contributed by atoms with van der Waals surface area (Å²) >= 11 is 5.89. The highest BCUT2D eigenvalue weighted by molar-refractivity contribution is 6.30. The van der Waals surface area contributed by atoms with Crippen molar-refractivity contribution in [1.82, 2.24) is 24.6 Å². The van der Waals surface area contributed by atoms with Gasteiger partial charge in [-0.05, 0) is 23.8 Å². The molecular weight excluding hydrogens is 410 g/mol. The summed E-state index contributed by atoms with van der Waals surface area (Å²) in [5, 5.41) is 7.93. The molecule has 0 saturated heterocycles. The molecule has 1 aromatic carbocycles. The van der Waals surface area contributed by atoms with Crippen LogP contribution in [0.25, 0.3) is 11.0 Å². The molecule has 0 spiro atoms. The molecule has 9 nitrogen and oxygen atoms in total. The molecular formula is C20H16ClN5O4. The zero-order chi connectivity index (χ0) is 21.1. The Kier molecular flexibility index (Phi) is 5.44. The topological polar surface area (TPSA) is 112 Å². The lowest BCUT2D eigenvalue weighted by Crippen LogP contribution is -2.28. The number of carbonyl (C=O) groups excluding carboxylic acids is 1. The summed E-state index contributed by atoms with van der Waals surface area (Å²) in [7, 11) is 0. The average Bonchev–Trinajstić information content (AvgIpc) is 3.16. The van der Waals surface area contributed by atoms with E-state index < -0.39 is 5.63 Å². The van der Waals surface area contributed by atoms with Crippen molar-refractivity contribution in [3.8, 4) is 0 Å². The predicted molar refractivity (Wildman–Crippen MR) is 110 cm³/mol. The van der Waals surface area contributed by atoms with Crippen LogP contribution >= 0.6 is 11.6 Å². The molecule has 0 aliphatic heterocycles. The largest absolute Gasteiger partial charge is 0.430 e. The highest BCUT2D eigenvalue weighted by Gasteiger charge is 2.11. The minimum atomic E-state index is -0.526. The van der Waals surface area contributed by atoms with Crippen molar-refractivity contribution >= 4 is 28.5 Å². The van der Waals surface area contributed by atoms with Gasteiger partial charge in [-0.25, -0.2) is 14.5 Å². The first-order chi connectivity index (χ1) is 14.5. The van der Waals surface area contributed by atoms with Crippen LogP contribution in [0.3, 0.4) is 0 Å². The molecule has 4 aromatic rings. The molecule has 0 fully saturated rings. The molecule has 10 heteroatoms. The number of carbonyl (C=O) groups is 1. The second-order valence-corrected chi connectivity index (χ2v) is 6.94. The molecule has 0 unspecified atom stereocenters. The van der Waals surface area contributed by atoms with Crippen LogP contribution in [-0.4, -0.2) is 31.8 Å². The number of nitrogens with one attached hydrogen (secondary N) is 1. The first-order valence-corrected chi connectivity index (χ1v) is 9.41. The van der Waals surface area contributed by atoms with Crippen LogP contribution in [0.5, 0.6) is 0 Å². The predicted octanol–water partition coefficient (Wildman–Crippen LogP) is 1.68. The molecule has 3 heterocycles. The summed E-state index contributed by atoms with van der Waals surface area (Å²) in [6.07, 6.45) is 4.05. The standard InChI is InChI=1S/C20H16ClN5O4/c21-15-4-1-13(2-5-15)10-25-12-23-18-16(20(25)29)9-24-26(18)8-7-22-19(28)14-3-6-17(27)30-11-14/h1-6,9,11-12H,7-8,10H2,(H,22,28). The van der Waals surface area contributed by atoms with Crippen molar-refractivity contribution in [2.75, 3.05) is 6.54 Å².